The van der Waals surface area contributed by atoms with Gasteiger partial charge in [0.15, 0.2) is 4.80 Å². The van der Waals surface area contributed by atoms with Gasteiger partial charge in [-0.25, -0.2) is 13.2 Å². The number of thiazole rings is 1. The molecule has 0 aliphatic heterocycles. The molecule has 0 saturated heterocycles. The van der Waals surface area contributed by atoms with Crippen molar-refractivity contribution in [3.8, 4) is 0 Å². The average Bonchev–Trinajstić information content (AvgIpc) is 3.24. The van der Waals surface area contributed by atoms with Crippen molar-refractivity contribution in [3.05, 3.63) is 88.2 Å². The van der Waals surface area contributed by atoms with Crippen LogP contribution in [0, 0.1) is 6.92 Å². The summed E-state index contributed by atoms with van der Waals surface area (Å²) in [5.41, 5.74) is 2.60. The number of carbonyl (C=O) groups excluding carboxylic acids is 2. The van der Waals surface area contributed by atoms with Gasteiger partial charge in [-0.3, -0.25) is 9.52 Å². The number of esters is 1. The maximum absolute atomic E-state index is 13.2. The summed E-state index contributed by atoms with van der Waals surface area (Å²) in [5, 5.41) is 0. The molecule has 0 bridgehead atoms. The van der Waals surface area contributed by atoms with Crippen molar-refractivity contribution in [1.29, 1.82) is 0 Å². The molecular weight excluding hydrogens is 526 g/mol. The zero-order valence-electron chi connectivity index (χ0n) is 21.1. The number of amides is 1. The molecule has 3 aromatic carbocycles. The Morgan fingerprint density at radius 1 is 1.03 bits per heavy atom. The van der Waals surface area contributed by atoms with Gasteiger partial charge < -0.3 is 14.0 Å². The fraction of sp³-hybridized carbons (Fsp3) is 0.222. The summed E-state index contributed by atoms with van der Waals surface area (Å²) in [6, 6.07) is 17.8. The van der Waals surface area contributed by atoms with Crippen LogP contribution in [0.15, 0.2) is 76.6 Å². The molecule has 38 heavy (non-hydrogen) atoms. The van der Waals surface area contributed by atoms with Crippen molar-refractivity contribution in [1.82, 2.24) is 4.57 Å². The number of ether oxygens (including phenoxy) is 2. The van der Waals surface area contributed by atoms with E-state index in [1.165, 1.54) is 36.6 Å². The first kappa shape index (κ1) is 27.2. The van der Waals surface area contributed by atoms with E-state index in [9.17, 15) is 18.0 Å². The predicted octanol–water partition coefficient (Wildman–Crippen LogP) is 4.38. The van der Waals surface area contributed by atoms with E-state index in [1.807, 2.05) is 18.4 Å². The fourth-order valence-corrected chi connectivity index (χ4v) is 5.86. The number of carbonyl (C=O) groups is 2. The van der Waals surface area contributed by atoms with Crippen LogP contribution in [0.2, 0.25) is 0 Å². The van der Waals surface area contributed by atoms with E-state index >= 15 is 0 Å². The summed E-state index contributed by atoms with van der Waals surface area (Å²) in [6.45, 7) is 5.18. The molecule has 0 radical (unpaired) electrons. The third-order valence-corrected chi connectivity index (χ3v) is 8.10. The van der Waals surface area contributed by atoms with Crippen LogP contribution in [0.25, 0.3) is 10.2 Å². The second kappa shape index (κ2) is 11.7. The molecule has 11 heteroatoms. The molecule has 0 unspecified atom stereocenters. The van der Waals surface area contributed by atoms with E-state index in [0.717, 1.165) is 15.8 Å². The molecule has 9 nitrogen and oxygen atoms in total. The van der Waals surface area contributed by atoms with Crippen LogP contribution in [0.1, 0.15) is 33.2 Å². The molecule has 0 atom stereocenters. The van der Waals surface area contributed by atoms with Gasteiger partial charge in [0.25, 0.3) is 15.9 Å². The summed E-state index contributed by atoms with van der Waals surface area (Å²) >= 11 is 1.26. The van der Waals surface area contributed by atoms with Crippen LogP contribution in [-0.2, 0) is 26.0 Å². The van der Waals surface area contributed by atoms with Gasteiger partial charge in [0, 0.05) is 24.4 Å². The van der Waals surface area contributed by atoms with Crippen molar-refractivity contribution >= 4 is 49.1 Å². The Kier molecular flexibility index (Phi) is 8.40. The normalized spacial score (nSPS) is 12.0. The van der Waals surface area contributed by atoms with Crippen LogP contribution >= 0.6 is 11.3 Å². The number of hydrogen-bond donors (Lipinski definition) is 1. The minimum atomic E-state index is -3.83. The smallest absolute Gasteiger partial charge is 0.337 e. The third-order valence-electron chi connectivity index (χ3n) is 5.66. The predicted molar refractivity (Wildman–Crippen MR) is 146 cm³/mol. The zero-order valence-corrected chi connectivity index (χ0v) is 22.8. The van der Waals surface area contributed by atoms with Crippen LogP contribution in [0.3, 0.4) is 0 Å². The van der Waals surface area contributed by atoms with Crippen LogP contribution in [-0.4, -0.2) is 45.2 Å². The number of fused-ring (bicyclic) bond motifs is 1. The van der Waals surface area contributed by atoms with E-state index in [1.54, 1.807) is 48.5 Å². The molecule has 198 valence electrons. The van der Waals surface area contributed by atoms with Gasteiger partial charge >= 0.3 is 5.97 Å². The number of nitrogens with zero attached hydrogens (tertiary/aromatic N) is 2. The number of rotatable bonds is 9. The molecule has 0 aliphatic rings. The first-order chi connectivity index (χ1) is 18.2. The summed E-state index contributed by atoms with van der Waals surface area (Å²) in [4.78, 5) is 30.0. The highest BCUT2D eigenvalue weighted by Crippen LogP contribution is 2.21. The summed E-state index contributed by atoms with van der Waals surface area (Å²) in [7, 11) is -2.51. The number of hydrogen-bond acceptors (Lipinski definition) is 7. The lowest BCUT2D eigenvalue weighted by atomic mass is 10.2. The molecule has 4 aromatic rings. The summed E-state index contributed by atoms with van der Waals surface area (Å²) in [5.74, 6) is -0.994. The number of aryl methyl sites for hydroxylation is 1. The number of methoxy groups -OCH3 is 1. The van der Waals surface area contributed by atoms with Crippen LogP contribution < -0.4 is 9.52 Å². The van der Waals surface area contributed by atoms with E-state index in [0.29, 0.717) is 30.1 Å². The first-order valence-corrected chi connectivity index (χ1v) is 14.1. The van der Waals surface area contributed by atoms with E-state index < -0.39 is 21.9 Å². The highest BCUT2D eigenvalue weighted by Gasteiger charge is 2.16. The molecule has 0 spiro atoms. The van der Waals surface area contributed by atoms with Gasteiger partial charge in [-0.2, -0.15) is 4.99 Å². The Labute approximate surface area is 224 Å². The Bertz CT molecular complexity index is 1650. The molecule has 1 amide bonds. The quantitative estimate of drug-likeness (QED) is 0.243. The minimum absolute atomic E-state index is 0.122. The van der Waals surface area contributed by atoms with Gasteiger partial charge in [-0.05, 0) is 62.4 Å². The molecule has 0 aliphatic carbocycles. The summed E-state index contributed by atoms with van der Waals surface area (Å²) in [6.07, 6.45) is 0. The molecule has 0 fully saturated rings. The highest BCUT2D eigenvalue weighted by molar-refractivity contribution is 7.92. The topological polar surface area (TPSA) is 116 Å². The van der Waals surface area contributed by atoms with E-state index in [-0.39, 0.29) is 16.1 Å². The SMILES string of the molecule is CCOCCn1c(=NC(=O)c2cccc(NS(=O)(=O)c3ccc(C)cc3)c2)sc2cc(C(=O)OC)ccc21. The minimum Gasteiger partial charge on any atom is -0.465 e. The molecular formula is C27H27N3O6S2. The fourth-order valence-electron chi connectivity index (χ4n) is 3.72. The molecule has 0 saturated carbocycles. The maximum atomic E-state index is 13.2. The molecule has 1 heterocycles. The van der Waals surface area contributed by atoms with E-state index in [2.05, 4.69) is 9.71 Å². The molecule has 4 rings (SSSR count). The first-order valence-electron chi connectivity index (χ1n) is 11.8. The number of nitrogens with one attached hydrogen (secondary N) is 1. The van der Waals surface area contributed by atoms with Crippen LogP contribution in [0.4, 0.5) is 5.69 Å². The van der Waals surface area contributed by atoms with Crippen molar-refractivity contribution < 1.29 is 27.5 Å². The second-order valence-electron chi connectivity index (χ2n) is 8.32. The maximum Gasteiger partial charge on any atom is 0.337 e. The monoisotopic (exact) mass is 553 g/mol. The van der Waals surface area contributed by atoms with E-state index in [4.69, 9.17) is 9.47 Å². The van der Waals surface area contributed by atoms with Crippen molar-refractivity contribution in [3.63, 3.8) is 0 Å². The van der Waals surface area contributed by atoms with Gasteiger partial charge in [0.2, 0.25) is 0 Å². The lowest BCUT2D eigenvalue weighted by molar-refractivity contribution is 0.0600. The number of aromatic nitrogens is 1. The van der Waals surface area contributed by atoms with Gasteiger partial charge in [0.1, 0.15) is 0 Å². The Morgan fingerprint density at radius 2 is 1.79 bits per heavy atom. The van der Waals surface area contributed by atoms with Crippen LogP contribution in [0.5, 0.6) is 0 Å². The zero-order chi connectivity index (χ0) is 27.3. The standard InChI is InChI=1S/C27H27N3O6S2/c1-4-36-15-14-30-23-13-10-20(26(32)35-3)17-24(23)37-27(30)28-25(31)19-6-5-7-21(16-19)29-38(33,34)22-11-8-18(2)9-12-22/h5-13,16-17,29H,4,14-15H2,1-3H3. The van der Waals surface area contributed by atoms with Gasteiger partial charge in [-0.15, -0.1) is 0 Å². The Morgan fingerprint density at radius 3 is 2.50 bits per heavy atom. The van der Waals surface area contributed by atoms with Crippen molar-refractivity contribution in [2.24, 2.45) is 4.99 Å². The molecule has 1 aromatic heterocycles. The number of benzene rings is 3. The Hall–Kier alpha value is -3.80. The van der Waals surface area contributed by atoms with Gasteiger partial charge in [-0.1, -0.05) is 35.1 Å². The largest absolute Gasteiger partial charge is 0.465 e. The average molecular weight is 554 g/mol. The number of anilines is 1. The molecule has 1 N–H and O–H groups in total. The Balaban J connectivity index is 1.68. The second-order valence-corrected chi connectivity index (χ2v) is 11.0. The van der Waals surface area contributed by atoms with Crippen molar-refractivity contribution in [2.75, 3.05) is 25.0 Å². The lowest BCUT2D eigenvalue weighted by Crippen LogP contribution is -2.20. The lowest BCUT2D eigenvalue weighted by Gasteiger charge is -2.09. The highest BCUT2D eigenvalue weighted by atomic mass is 32.2. The number of sulfonamides is 1. The summed E-state index contributed by atoms with van der Waals surface area (Å²) < 4.78 is 41.0. The van der Waals surface area contributed by atoms with Gasteiger partial charge in [0.05, 0.1) is 34.4 Å². The van der Waals surface area contributed by atoms with Crippen molar-refractivity contribution in [2.45, 2.75) is 25.3 Å². The third kappa shape index (κ3) is 6.18.